The highest BCUT2D eigenvalue weighted by Crippen LogP contribution is 2.29. The molecule has 2 aromatic carbocycles. The molecule has 3 rings (SSSR count). The number of nitrogens with zero attached hydrogens (tertiary/aromatic N) is 2. The van der Waals surface area contributed by atoms with Crippen LogP contribution in [-0.4, -0.2) is 15.9 Å². The minimum absolute atomic E-state index is 0.0374. The van der Waals surface area contributed by atoms with Gasteiger partial charge < -0.3 is 4.74 Å². The van der Waals surface area contributed by atoms with Crippen molar-refractivity contribution in [2.75, 3.05) is 0 Å². The summed E-state index contributed by atoms with van der Waals surface area (Å²) < 4.78 is 6.04. The number of aromatic nitrogens is 1. The summed E-state index contributed by atoms with van der Waals surface area (Å²) in [7, 11) is 0. The van der Waals surface area contributed by atoms with Crippen LogP contribution in [0.25, 0.3) is 10.2 Å². The van der Waals surface area contributed by atoms with E-state index in [-0.39, 0.29) is 21.5 Å². The number of esters is 1. The Kier molecular flexibility index (Phi) is 3.74. The van der Waals surface area contributed by atoms with Crippen LogP contribution in [0.1, 0.15) is 10.4 Å². The fraction of sp³-hybridized carbons (Fsp3) is 0. The lowest BCUT2D eigenvalue weighted by Gasteiger charge is -2.01. The molecule has 0 bridgehead atoms. The molecule has 0 aliphatic heterocycles. The Labute approximate surface area is 133 Å². The number of nitro benzene ring substituents is 1. The number of rotatable bonds is 3. The van der Waals surface area contributed by atoms with E-state index < -0.39 is 10.9 Å². The van der Waals surface area contributed by atoms with Crippen LogP contribution in [0.2, 0.25) is 5.02 Å². The smallest absolute Gasteiger partial charge is 0.345 e. The number of fused-ring (bicyclic) bond motifs is 1. The van der Waals surface area contributed by atoms with Crippen molar-refractivity contribution in [3.63, 3.8) is 0 Å². The number of thiazole rings is 1. The number of para-hydroxylation sites is 1. The van der Waals surface area contributed by atoms with E-state index in [2.05, 4.69) is 4.98 Å². The molecule has 0 saturated heterocycles. The molecule has 0 amide bonds. The largest absolute Gasteiger partial charge is 0.394 e. The maximum Gasteiger partial charge on any atom is 0.345 e. The van der Waals surface area contributed by atoms with Crippen LogP contribution in [0.5, 0.6) is 5.19 Å². The average molecular weight is 335 g/mol. The van der Waals surface area contributed by atoms with Gasteiger partial charge in [0.25, 0.3) is 10.9 Å². The minimum Gasteiger partial charge on any atom is -0.394 e. The molecule has 110 valence electrons. The van der Waals surface area contributed by atoms with Gasteiger partial charge in [-0.25, -0.2) is 9.78 Å². The second-order valence-corrected chi connectivity index (χ2v) is 5.66. The Morgan fingerprint density at radius 1 is 1.27 bits per heavy atom. The van der Waals surface area contributed by atoms with Crippen LogP contribution in [0.3, 0.4) is 0 Å². The summed E-state index contributed by atoms with van der Waals surface area (Å²) in [6, 6.07) is 11.1. The first kappa shape index (κ1) is 14.4. The summed E-state index contributed by atoms with van der Waals surface area (Å²) in [5, 5.41) is 11.0. The molecule has 0 radical (unpaired) electrons. The lowest BCUT2D eigenvalue weighted by Crippen LogP contribution is -2.08. The zero-order valence-electron chi connectivity index (χ0n) is 10.9. The topological polar surface area (TPSA) is 82.3 Å². The fourth-order valence-corrected chi connectivity index (χ4v) is 2.81. The van der Waals surface area contributed by atoms with Gasteiger partial charge in [-0.1, -0.05) is 35.1 Å². The second kappa shape index (κ2) is 5.70. The number of hydrogen-bond acceptors (Lipinski definition) is 6. The lowest BCUT2D eigenvalue weighted by molar-refractivity contribution is -0.384. The predicted octanol–water partition coefficient (Wildman–Crippen LogP) is 4.08. The van der Waals surface area contributed by atoms with Crippen molar-refractivity contribution in [3.8, 4) is 5.19 Å². The van der Waals surface area contributed by atoms with Crippen molar-refractivity contribution in [1.29, 1.82) is 0 Å². The molecule has 1 heterocycles. The third-order valence-corrected chi connectivity index (χ3v) is 4.07. The molecular formula is C14H7ClN2O4S. The van der Waals surface area contributed by atoms with Gasteiger partial charge >= 0.3 is 5.97 Å². The van der Waals surface area contributed by atoms with E-state index in [0.717, 1.165) is 16.3 Å². The fourth-order valence-electron chi connectivity index (χ4n) is 1.81. The molecule has 0 unspecified atom stereocenters. The highest BCUT2D eigenvalue weighted by Gasteiger charge is 2.18. The summed E-state index contributed by atoms with van der Waals surface area (Å²) in [6.07, 6.45) is 0. The number of benzene rings is 2. The van der Waals surface area contributed by atoms with E-state index in [0.29, 0.717) is 0 Å². The molecule has 0 saturated carbocycles. The average Bonchev–Trinajstić information content (AvgIpc) is 2.89. The van der Waals surface area contributed by atoms with Crippen LogP contribution in [0.15, 0.2) is 42.5 Å². The number of hydrogen-bond donors (Lipinski definition) is 0. The third kappa shape index (κ3) is 2.76. The van der Waals surface area contributed by atoms with E-state index >= 15 is 0 Å². The van der Waals surface area contributed by atoms with Gasteiger partial charge in [0.05, 0.1) is 20.7 Å². The molecule has 3 aromatic rings. The first-order chi connectivity index (χ1) is 10.5. The number of halogens is 1. The van der Waals surface area contributed by atoms with Gasteiger partial charge in [0.1, 0.15) is 5.02 Å². The normalized spacial score (nSPS) is 10.6. The Hall–Kier alpha value is -2.51. The highest BCUT2D eigenvalue weighted by atomic mass is 35.5. The quantitative estimate of drug-likeness (QED) is 0.409. The summed E-state index contributed by atoms with van der Waals surface area (Å²) in [5.74, 6) is -0.723. The van der Waals surface area contributed by atoms with Gasteiger partial charge in [-0.3, -0.25) is 10.1 Å². The molecule has 0 aliphatic rings. The van der Waals surface area contributed by atoms with Gasteiger partial charge in [0.15, 0.2) is 0 Å². The lowest BCUT2D eigenvalue weighted by atomic mass is 10.2. The van der Waals surface area contributed by atoms with Gasteiger partial charge in [-0.2, -0.15) is 0 Å². The minimum atomic E-state index is -0.723. The van der Waals surface area contributed by atoms with Crippen molar-refractivity contribution >= 4 is 44.8 Å². The summed E-state index contributed by atoms with van der Waals surface area (Å²) in [4.78, 5) is 26.4. The Morgan fingerprint density at radius 3 is 2.77 bits per heavy atom. The molecule has 0 fully saturated rings. The molecule has 22 heavy (non-hydrogen) atoms. The summed E-state index contributed by atoms with van der Waals surface area (Å²) in [5.41, 5.74) is 0.410. The van der Waals surface area contributed by atoms with Crippen molar-refractivity contribution in [2.45, 2.75) is 0 Å². The van der Waals surface area contributed by atoms with E-state index in [1.807, 2.05) is 18.2 Å². The van der Waals surface area contributed by atoms with Crippen molar-refractivity contribution in [3.05, 3.63) is 63.2 Å². The van der Waals surface area contributed by atoms with E-state index in [1.165, 1.54) is 23.5 Å². The molecule has 8 heteroatoms. The van der Waals surface area contributed by atoms with Crippen LogP contribution >= 0.6 is 22.9 Å². The Morgan fingerprint density at radius 2 is 2.05 bits per heavy atom. The summed E-state index contributed by atoms with van der Waals surface area (Å²) >= 11 is 6.93. The van der Waals surface area contributed by atoms with Gasteiger partial charge in [-0.15, -0.1) is 0 Å². The van der Waals surface area contributed by atoms with Gasteiger partial charge in [0.2, 0.25) is 0 Å². The molecule has 0 aliphatic carbocycles. The highest BCUT2D eigenvalue weighted by molar-refractivity contribution is 7.20. The molecule has 6 nitrogen and oxygen atoms in total. The predicted molar refractivity (Wildman–Crippen MR) is 82.7 cm³/mol. The first-order valence-electron chi connectivity index (χ1n) is 6.06. The zero-order valence-corrected chi connectivity index (χ0v) is 12.4. The van der Waals surface area contributed by atoms with Gasteiger partial charge in [0, 0.05) is 6.07 Å². The van der Waals surface area contributed by atoms with Gasteiger partial charge in [-0.05, 0) is 24.3 Å². The molecule has 0 N–H and O–H groups in total. The first-order valence-corrected chi connectivity index (χ1v) is 7.26. The standard InChI is InChI=1S/C14H7ClN2O4S/c15-9-6-5-8(7-11(9)17(19)20)13(18)21-14-16-10-3-1-2-4-12(10)22-14/h1-7H. The molecule has 0 atom stereocenters. The monoisotopic (exact) mass is 334 g/mol. The number of nitro groups is 1. The molecule has 0 spiro atoms. The Bertz CT molecular complexity index is 860. The number of carbonyl (C=O) groups excluding carboxylic acids is 1. The number of carbonyl (C=O) groups is 1. The maximum atomic E-state index is 12.1. The zero-order chi connectivity index (χ0) is 15.7. The summed E-state index contributed by atoms with van der Waals surface area (Å²) in [6.45, 7) is 0. The second-order valence-electron chi connectivity index (χ2n) is 4.26. The van der Waals surface area contributed by atoms with Crippen molar-refractivity contribution < 1.29 is 14.5 Å². The van der Waals surface area contributed by atoms with Crippen molar-refractivity contribution in [2.24, 2.45) is 0 Å². The number of ether oxygens (including phenoxy) is 1. The molecule has 1 aromatic heterocycles. The van der Waals surface area contributed by atoms with Crippen LogP contribution in [0.4, 0.5) is 5.69 Å². The van der Waals surface area contributed by atoms with E-state index in [9.17, 15) is 14.9 Å². The SMILES string of the molecule is O=C(Oc1nc2ccccc2s1)c1ccc(Cl)c([N+](=O)[O-])c1. The van der Waals surface area contributed by atoms with Crippen molar-refractivity contribution in [1.82, 2.24) is 4.98 Å². The van der Waals surface area contributed by atoms with Crippen LogP contribution in [-0.2, 0) is 0 Å². The Balaban J connectivity index is 1.88. The maximum absolute atomic E-state index is 12.1. The van der Waals surface area contributed by atoms with Crippen LogP contribution in [0, 0.1) is 10.1 Å². The third-order valence-electron chi connectivity index (χ3n) is 2.83. The molecular weight excluding hydrogens is 328 g/mol. The van der Waals surface area contributed by atoms with E-state index in [1.54, 1.807) is 6.07 Å². The van der Waals surface area contributed by atoms with Crippen LogP contribution < -0.4 is 4.74 Å². The van der Waals surface area contributed by atoms with E-state index in [4.69, 9.17) is 16.3 Å².